The third-order valence-corrected chi connectivity index (χ3v) is 2.53. The quantitative estimate of drug-likeness (QED) is 0.822. The highest BCUT2D eigenvalue weighted by atomic mass is 32.2. The van der Waals surface area contributed by atoms with Crippen molar-refractivity contribution in [3.05, 3.63) is 24.3 Å². The molecule has 0 saturated carbocycles. The maximum atomic E-state index is 11.4. The molecule has 2 N–H and O–H groups in total. The van der Waals surface area contributed by atoms with Crippen LogP contribution in [0.1, 0.15) is 0 Å². The minimum atomic E-state index is -0.231. The Bertz CT molecular complexity index is 388. The molecule has 18 heavy (non-hydrogen) atoms. The molecule has 6 heteroatoms. The highest BCUT2D eigenvalue weighted by molar-refractivity contribution is 7.99. The number of benzene rings is 1. The summed E-state index contributed by atoms with van der Waals surface area (Å²) in [6, 6.07) is 6.98. The van der Waals surface area contributed by atoms with Crippen LogP contribution in [-0.2, 0) is 14.3 Å². The van der Waals surface area contributed by atoms with E-state index in [0.29, 0.717) is 17.1 Å². The highest BCUT2D eigenvalue weighted by Gasteiger charge is 2.04. The van der Waals surface area contributed by atoms with Gasteiger partial charge < -0.3 is 15.4 Å². The van der Waals surface area contributed by atoms with Gasteiger partial charge in [0.25, 0.3) is 0 Å². The van der Waals surface area contributed by atoms with Gasteiger partial charge in [0, 0.05) is 18.5 Å². The number of hydrogen-bond donors (Lipinski definition) is 2. The third-order valence-electron chi connectivity index (χ3n) is 1.98. The SMILES string of the molecule is COCC(=O)Nc1cccc(NC(=O)CSC)c1. The lowest BCUT2D eigenvalue weighted by atomic mass is 10.2. The van der Waals surface area contributed by atoms with Crippen LogP contribution >= 0.6 is 11.8 Å². The van der Waals surface area contributed by atoms with Crippen molar-refractivity contribution in [2.75, 3.05) is 36.4 Å². The van der Waals surface area contributed by atoms with E-state index in [1.54, 1.807) is 24.3 Å². The van der Waals surface area contributed by atoms with E-state index in [1.807, 2.05) is 6.26 Å². The maximum absolute atomic E-state index is 11.4. The minimum Gasteiger partial charge on any atom is -0.375 e. The smallest absolute Gasteiger partial charge is 0.250 e. The number of ether oxygens (including phenoxy) is 1. The van der Waals surface area contributed by atoms with Gasteiger partial charge in [-0.1, -0.05) is 6.07 Å². The summed E-state index contributed by atoms with van der Waals surface area (Å²) < 4.78 is 4.72. The van der Waals surface area contributed by atoms with Crippen molar-refractivity contribution in [1.82, 2.24) is 0 Å². The van der Waals surface area contributed by atoms with Crippen molar-refractivity contribution in [1.29, 1.82) is 0 Å². The Morgan fingerprint density at radius 1 is 1.22 bits per heavy atom. The number of hydrogen-bond acceptors (Lipinski definition) is 4. The predicted octanol–water partition coefficient (Wildman–Crippen LogP) is 1.57. The molecule has 0 fully saturated rings. The molecule has 0 aromatic heterocycles. The van der Waals surface area contributed by atoms with E-state index in [4.69, 9.17) is 4.74 Å². The van der Waals surface area contributed by atoms with Gasteiger partial charge in [0.05, 0.1) is 5.75 Å². The number of rotatable bonds is 6. The Hall–Kier alpha value is -1.53. The van der Waals surface area contributed by atoms with E-state index in [1.165, 1.54) is 18.9 Å². The van der Waals surface area contributed by atoms with E-state index in [9.17, 15) is 9.59 Å². The molecule has 0 unspecified atom stereocenters. The van der Waals surface area contributed by atoms with Gasteiger partial charge in [0.2, 0.25) is 11.8 Å². The molecule has 98 valence electrons. The number of amides is 2. The first kappa shape index (κ1) is 14.5. The number of anilines is 2. The first-order valence-corrected chi connectivity index (χ1v) is 6.72. The summed E-state index contributed by atoms with van der Waals surface area (Å²) >= 11 is 1.45. The molecule has 0 spiro atoms. The third kappa shape index (κ3) is 5.20. The van der Waals surface area contributed by atoms with Crippen molar-refractivity contribution in [3.63, 3.8) is 0 Å². The number of carbonyl (C=O) groups is 2. The van der Waals surface area contributed by atoms with Crippen molar-refractivity contribution in [3.8, 4) is 0 Å². The largest absolute Gasteiger partial charge is 0.375 e. The second-order valence-corrected chi connectivity index (χ2v) is 4.41. The number of methoxy groups -OCH3 is 1. The zero-order chi connectivity index (χ0) is 13.4. The molecule has 0 aliphatic heterocycles. The summed E-state index contributed by atoms with van der Waals surface area (Å²) in [6.07, 6.45) is 1.86. The fraction of sp³-hybridized carbons (Fsp3) is 0.333. The van der Waals surface area contributed by atoms with Crippen LogP contribution in [0.15, 0.2) is 24.3 Å². The van der Waals surface area contributed by atoms with Crippen LogP contribution in [0.4, 0.5) is 11.4 Å². The molecule has 0 aliphatic carbocycles. The Kier molecular flexibility index (Phi) is 6.24. The van der Waals surface area contributed by atoms with Gasteiger partial charge in [-0.05, 0) is 24.5 Å². The van der Waals surface area contributed by atoms with Gasteiger partial charge in [-0.15, -0.1) is 0 Å². The van der Waals surface area contributed by atoms with Gasteiger partial charge >= 0.3 is 0 Å². The van der Waals surface area contributed by atoms with Crippen LogP contribution in [0.5, 0.6) is 0 Å². The summed E-state index contributed by atoms with van der Waals surface area (Å²) in [5.74, 6) is 0.105. The maximum Gasteiger partial charge on any atom is 0.250 e. The van der Waals surface area contributed by atoms with Crippen LogP contribution in [0.25, 0.3) is 0 Å². The molecule has 1 aromatic rings. The van der Waals surface area contributed by atoms with E-state index < -0.39 is 0 Å². The first-order chi connectivity index (χ1) is 8.65. The van der Waals surface area contributed by atoms with Crippen molar-refractivity contribution in [2.24, 2.45) is 0 Å². The summed E-state index contributed by atoms with van der Waals surface area (Å²) in [5.41, 5.74) is 1.28. The van der Waals surface area contributed by atoms with Crippen LogP contribution in [-0.4, -0.2) is 37.5 Å². The van der Waals surface area contributed by atoms with Gasteiger partial charge in [-0.2, -0.15) is 11.8 Å². The first-order valence-electron chi connectivity index (χ1n) is 5.33. The Labute approximate surface area is 110 Å². The zero-order valence-electron chi connectivity index (χ0n) is 10.4. The second-order valence-electron chi connectivity index (χ2n) is 3.54. The van der Waals surface area contributed by atoms with Gasteiger partial charge in [-0.25, -0.2) is 0 Å². The molecule has 2 amide bonds. The van der Waals surface area contributed by atoms with Crippen LogP contribution < -0.4 is 10.6 Å². The Morgan fingerprint density at radius 3 is 2.39 bits per heavy atom. The van der Waals surface area contributed by atoms with Crippen molar-refractivity contribution < 1.29 is 14.3 Å². The predicted molar refractivity (Wildman–Crippen MR) is 74.0 cm³/mol. The van der Waals surface area contributed by atoms with Crippen molar-refractivity contribution >= 4 is 35.0 Å². The standard InChI is InChI=1S/C12H16N2O3S/c1-17-7-11(15)13-9-4-3-5-10(6-9)14-12(16)8-18-2/h3-6H,7-8H2,1-2H3,(H,13,15)(H,14,16). The zero-order valence-corrected chi connectivity index (χ0v) is 11.2. The normalized spacial score (nSPS) is 9.89. The van der Waals surface area contributed by atoms with E-state index in [-0.39, 0.29) is 18.4 Å². The fourth-order valence-corrected chi connectivity index (χ4v) is 1.67. The molecule has 5 nitrogen and oxygen atoms in total. The molecule has 0 atom stereocenters. The summed E-state index contributed by atoms with van der Waals surface area (Å²) in [5, 5.41) is 5.41. The summed E-state index contributed by atoms with van der Waals surface area (Å²) in [7, 11) is 1.46. The Morgan fingerprint density at radius 2 is 1.83 bits per heavy atom. The van der Waals surface area contributed by atoms with Crippen molar-refractivity contribution in [2.45, 2.75) is 0 Å². The van der Waals surface area contributed by atoms with Crippen LogP contribution in [0.3, 0.4) is 0 Å². The monoisotopic (exact) mass is 268 g/mol. The highest BCUT2D eigenvalue weighted by Crippen LogP contribution is 2.15. The number of thioether (sulfide) groups is 1. The van der Waals surface area contributed by atoms with Gasteiger partial charge in [0.15, 0.2) is 0 Å². The summed E-state index contributed by atoms with van der Waals surface area (Å²) in [6.45, 7) is 0.00304. The van der Waals surface area contributed by atoms with Crippen LogP contribution in [0, 0.1) is 0 Å². The number of nitrogens with one attached hydrogen (secondary N) is 2. The lowest BCUT2D eigenvalue weighted by molar-refractivity contribution is -0.119. The van der Waals surface area contributed by atoms with E-state index in [0.717, 1.165) is 0 Å². The number of carbonyl (C=O) groups excluding carboxylic acids is 2. The minimum absolute atomic E-state index is 0.00304. The molecule has 1 aromatic carbocycles. The molecule has 0 saturated heterocycles. The average molecular weight is 268 g/mol. The van der Waals surface area contributed by atoms with E-state index >= 15 is 0 Å². The molecule has 1 rings (SSSR count). The molecular weight excluding hydrogens is 252 g/mol. The molecule has 0 aliphatic rings. The fourth-order valence-electron chi connectivity index (χ4n) is 1.33. The van der Waals surface area contributed by atoms with Gasteiger partial charge in [0.1, 0.15) is 6.61 Å². The Balaban J connectivity index is 2.61. The molecule has 0 radical (unpaired) electrons. The summed E-state index contributed by atoms with van der Waals surface area (Å²) in [4.78, 5) is 22.7. The molecule has 0 bridgehead atoms. The lowest BCUT2D eigenvalue weighted by Gasteiger charge is -2.08. The van der Waals surface area contributed by atoms with E-state index in [2.05, 4.69) is 10.6 Å². The average Bonchev–Trinajstić information content (AvgIpc) is 2.29. The topological polar surface area (TPSA) is 67.4 Å². The lowest BCUT2D eigenvalue weighted by Crippen LogP contribution is -2.17. The second kappa shape index (κ2) is 7.73. The molecule has 0 heterocycles. The van der Waals surface area contributed by atoms with Crippen LogP contribution in [0.2, 0.25) is 0 Å². The van der Waals surface area contributed by atoms with Gasteiger partial charge in [-0.3, -0.25) is 9.59 Å². The molecular formula is C12H16N2O3S.